The van der Waals surface area contributed by atoms with Crippen LogP contribution in [0, 0.1) is 12.3 Å². The fourth-order valence-electron chi connectivity index (χ4n) is 1.80. The van der Waals surface area contributed by atoms with Gasteiger partial charge < -0.3 is 0 Å². The van der Waals surface area contributed by atoms with E-state index in [4.69, 9.17) is 0 Å². The van der Waals surface area contributed by atoms with E-state index in [0.717, 1.165) is 5.92 Å². The zero-order chi connectivity index (χ0) is 12.0. The summed E-state index contributed by atoms with van der Waals surface area (Å²) in [5.41, 5.74) is 4.22. The van der Waals surface area contributed by atoms with Crippen LogP contribution in [0.5, 0.6) is 0 Å². The normalized spacial score (nSPS) is 12.7. The van der Waals surface area contributed by atoms with E-state index in [1.165, 1.54) is 23.1 Å². The Morgan fingerprint density at radius 2 is 1.69 bits per heavy atom. The number of rotatable bonds is 2. The van der Waals surface area contributed by atoms with Gasteiger partial charge in [-0.25, -0.2) is 0 Å². The van der Waals surface area contributed by atoms with Gasteiger partial charge in [-0.15, -0.1) is 0 Å². The van der Waals surface area contributed by atoms with Crippen LogP contribution in [-0.2, 0) is 14.9 Å². The maximum atomic E-state index is 2.45. The van der Waals surface area contributed by atoms with Gasteiger partial charge >= 0.3 is 50.9 Å². The molecule has 0 saturated heterocycles. The van der Waals surface area contributed by atoms with Crippen LogP contribution in [0.2, 0.25) is 0 Å². The first kappa shape index (κ1) is 15.4. The van der Waals surface area contributed by atoms with Gasteiger partial charge in [0.05, 0.1) is 0 Å². The molecule has 16 heavy (non-hydrogen) atoms. The fourth-order valence-corrected chi connectivity index (χ4v) is 1.80. The van der Waals surface area contributed by atoms with E-state index in [2.05, 4.69) is 86.7 Å². The van der Waals surface area contributed by atoms with Gasteiger partial charge in [0.1, 0.15) is 0 Å². The summed E-state index contributed by atoms with van der Waals surface area (Å²) in [6.45, 7) is 4.52. The molecule has 0 N–H and O–H groups in total. The summed E-state index contributed by atoms with van der Waals surface area (Å²) < 4.78 is 0. The summed E-state index contributed by atoms with van der Waals surface area (Å²) in [7, 11) is 0. The van der Waals surface area contributed by atoms with Crippen LogP contribution in [0.4, 0.5) is 0 Å². The molecule has 0 aliphatic heterocycles. The van der Waals surface area contributed by atoms with E-state index in [0.29, 0.717) is 0 Å². The Hall–Kier alpha value is 1.30. The molecule has 0 atom stereocenters. The maximum absolute atomic E-state index is 2.45. The van der Waals surface area contributed by atoms with Crippen molar-refractivity contribution in [2.24, 2.45) is 5.92 Å². The molecular formula is C13H15I2Zr. The molecular weight excluding hydrogens is 501 g/mol. The summed E-state index contributed by atoms with van der Waals surface area (Å²) in [5.74, 6) is 0.747. The molecule has 1 aromatic carbocycles. The standard InChI is InChI=1S/C13H15.2HI.Zr/c1-10(2)7-11-8-12-5-3-4-6-13(12)9-11;;;/h3-6,8-10H,7H2,1-2H3;2*1H;/q;;;+2/p-2. The van der Waals surface area contributed by atoms with Crippen molar-refractivity contribution in [3.8, 4) is 0 Å². The van der Waals surface area contributed by atoms with Crippen molar-refractivity contribution in [2.75, 3.05) is 0 Å². The molecule has 0 aromatic heterocycles. The second-order valence-electron chi connectivity index (χ2n) is 4.16. The van der Waals surface area contributed by atoms with Crippen LogP contribution >= 0.6 is 36.1 Å². The van der Waals surface area contributed by atoms with Gasteiger partial charge in [-0.3, -0.25) is 0 Å². The molecule has 3 heteroatoms. The Morgan fingerprint density at radius 3 is 2.19 bits per heavy atom. The van der Waals surface area contributed by atoms with Crippen LogP contribution in [-0.4, -0.2) is 0 Å². The van der Waals surface area contributed by atoms with Crippen molar-refractivity contribution < 1.29 is 14.9 Å². The zero-order valence-corrected chi connectivity index (χ0v) is 16.3. The third kappa shape index (κ3) is 5.30. The Balaban J connectivity index is 0.000000386. The van der Waals surface area contributed by atoms with Crippen molar-refractivity contribution in [3.63, 3.8) is 0 Å². The average molecular weight is 516 g/mol. The third-order valence-corrected chi connectivity index (χ3v) is 2.32. The van der Waals surface area contributed by atoms with E-state index >= 15 is 0 Å². The number of allylic oxidation sites excluding steroid dienone is 1. The van der Waals surface area contributed by atoms with Gasteiger partial charge in [0.25, 0.3) is 0 Å². The SMILES string of the molecule is CC(C)CC1=Cc2ccccc2[CH]1.[I][Zr][I]. The molecule has 0 saturated carbocycles. The van der Waals surface area contributed by atoms with Gasteiger partial charge in [-0.1, -0.05) is 49.8 Å². The first-order chi connectivity index (χ1) is 7.67. The summed E-state index contributed by atoms with van der Waals surface area (Å²) in [6, 6.07) is 8.56. The average Bonchev–Trinajstić information content (AvgIpc) is 2.59. The Labute approximate surface area is 129 Å². The first-order valence-corrected chi connectivity index (χ1v) is 19.9. The second-order valence-corrected chi connectivity index (χ2v) is 23.1. The topological polar surface area (TPSA) is 0 Å². The van der Waals surface area contributed by atoms with Gasteiger partial charge in [0.2, 0.25) is 0 Å². The molecule has 1 aliphatic carbocycles. The molecule has 1 aliphatic rings. The molecule has 1 aromatic rings. The van der Waals surface area contributed by atoms with Crippen molar-refractivity contribution in [1.29, 1.82) is 0 Å². The summed E-state index contributed by atoms with van der Waals surface area (Å²) in [6.07, 6.45) is 5.79. The molecule has 85 valence electrons. The van der Waals surface area contributed by atoms with Crippen molar-refractivity contribution >= 4 is 42.2 Å². The Morgan fingerprint density at radius 1 is 1.12 bits per heavy atom. The van der Waals surface area contributed by atoms with Crippen LogP contribution in [0.3, 0.4) is 0 Å². The molecule has 0 bridgehead atoms. The van der Waals surface area contributed by atoms with Gasteiger partial charge in [0, 0.05) is 6.42 Å². The van der Waals surface area contributed by atoms with E-state index in [-0.39, 0.29) is 14.9 Å². The molecule has 1 radical (unpaired) electrons. The molecule has 0 heterocycles. The van der Waals surface area contributed by atoms with Gasteiger partial charge in [-0.05, 0) is 23.5 Å². The first-order valence-electron chi connectivity index (χ1n) is 5.28. The van der Waals surface area contributed by atoms with E-state index in [9.17, 15) is 0 Å². The number of halogens is 2. The van der Waals surface area contributed by atoms with E-state index < -0.39 is 0 Å². The number of fused-ring (bicyclic) bond motifs is 1. The quantitative estimate of drug-likeness (QED) is 0.459. The molecule has 2 rings (SSSR count). The van der Waals surface area contributed by atoms with Crippen LogP contribution in [0.1, 0.15) is 31.4 Å². The number of hydrogen-bond donors (Lipinski definition) is 0. The molecule has 0 spiro atoms. The Kier molecular flexibility index (Phi) is 8.08. The number of hydrogen-bond acceptors (Lipinski definition) is 0. The summed E-state index contributed by atoms with van der Waals surface area (Å²) >= 11 is 5.06. The Bertz CT molecular complexity index is 359. The van der Waals surface area contributed by atoms with Crippen LogP contribution < -0.4 is 0 Å². The van der Waals surface area contributed by atoms with E-state index in [1.807, 2.05) is 0 Å². The minimum atomic E-state index is 0.170. The van der Waals surface area contributed by atoms with Crippen LogP contribution in [0.15, 0.2) is 29.8 Å². The minimum absolute atomic E-state index is 0.170. The second kappa shape index (κ2) is 8.41. The predicted octanol–water partition coefficient (Wildman–Crippen LogP) is 5.45. The monoisotopic (exact) mass is 515 g/mol. The fraction of sp³-hybridized carbons (Fsp3) is 0.308. The summed E-state index contributed by atoms with van der Waals surface area (Å²) in [5, 5.41) is 0. The molecule has 0 fully saturated rings. The van der Waals surface area contributed by atoms with Crippen molar-refractivity contribution in [3.05, 3.63) is 47.4 Å². The van der Waals surface area contributed by atoms with Crippen LogP contribution in [0.25, 0.3) is 6.08 Å². The number of benzene rings is 1. The third-order valence-electron chi connectivity index (χ3n) is 2.32. The van der Waals surface area contributed by atoms with Crippen molar-refractivity contribution in [1.82, 2.24) is 0 Å². The van der Waals surface area contributed by atoms with Crippen molar-refractivity contribution in [2.45, 2.75) is 20.3 Å². The van der Waals surface area contributed by atoms with E-state index in [1.54, 1.807) is 0 Å². The molecule has 0 unspecified atom stereocenters. The van der Waals surface area contributed by atoms with Gasteiger partial charge in [-0.2, -0.15) is 0 Å². The molecule has 0 amide bonds. The summed E-state index contributed by atoms with van der Waals surface area (Å²) in [4.78, 5) is 0. The zero-order valence-electron chi connectivity index (χ0n) is 9.50. The van der Waals surface area contributed by atoms with Gasteiger partial charge in [0.15, 0.2) is 0 Å². The predicted molar refractivity (Wildman–Crippen MR) is 85.3 cm³/mol. The molecule has 0 nitrogen and oxygen atoms in total.